The molecule has 0 atom stereocenters. The molecule has 0 saturated heterocycles. The van der Waals surface area contributed by atoms with Gasteiger partial charge in [0.25, 0.3) is 0 Å². The first-order valence-electron chi connectivity index (χ1n) is 24.5. The van der Waals surface area contributed by atoms with Crippen LogP contribution in [0.25, 0.3) is 77.6 Å². The molecule has 9 heteroatoms. The fourth-order valence-electron chi connectivity index (χ4n) is 10.2. The lowest BCUT2D eigenvalue weighted by Gasteiger charge is -2.34. The molecule has 0 saturated carbocycles. The van der Waals surface area contributed by atoms with Gasteiger partial charge in [0.2, 0.25) is 0 Å². The summed E-state index contributed by atoms with van der Waals surface area (Å²) in [5.74, 6) is 0. The van der Waals surface area contributed by atoms with Crippen molar-refractivity contribution in [3.8, 4) is 55.6 Å². The van der Waals surface area contributed by atoms with Gasteiger partial charge in [-0.3, -0.25) is 0 Å². The van der Waals surface area contributed by atoms with Crippen molar-refractivity contribution in [2.24, 2.45) is 0 Å². The first kappa shape index (κ1) is 48.0. The Morgan fingerprint density at radius 1 is 0.347 bits per heavy atom. The number of fused-ring (bicyclic) bond motifs is 3. The van der Waals surface area contributed by atoms with Gasteiger partial charge < -0.3 is 24.3 Å². The number of halogens is 3. The summed E-state index contributed by atoms with van der Waals surface area (Å²) in [6.45, 7) is 0. The van der Waals surface area contributed by atoms with Gasteiger partial charge in [0.05, 0.1) is 11.4 Å². The van der Waals surface area contributed by atoms with E-state index in [1.165, 1.54) is 0 Å². The third kappa shape index (κ3) is 9.60. The summed E-state index contributed by atoms with van der Waals surface area (Å²) in [6, 6.07) is 88.0. The van der Waals surface area contributed by atoms with E-state index in [9.17, 15) is 10.0 Å². The lowest BCUT2D eigenvalue weighted by Crippen LogP contribution is -2.29. The summed E-state index contributed by atoms with van der Waals surface area (Å²) in [5.41, 5.74) is 17.7. The minimum absolute atomic E-state index is 0.403. The Balaban J connectivity index is 1.10. The number of furan rings is 1. The van der Waals surface area contributed by atoms with E-state index in [1.54, 1.807) is 18.2 Å². The van der Waals surface area contributed by atoms with E-state index >= 15 is 0 Å². The molecule has 75 heavy (non-hydrogen) atoms. The quantitative estimate of drug-likeness (QED) is 0.119. The summed E-state index contributed by atoms with van der Waals surface area (Å²) in [7, 11) is -1.59. The maximum absolute atomic E-state index is 10.0. The minimum Gasteiger partial charge on any atom is -0.456 e. The maximum atomic E-state index is 10.0. The Morgan fingerprint density at radius 3 is 1.25 bits per heavy atom. The molecule has 360 valence electrons. The van der Waals surface area contributed by atoms with Crippen LogP contribution in [0.5, 0.6) is 0 Å². The van der Waals surface area contributed by atoms with Gasteiger partial charge in [0, 0.05) is 69.7 Å². The molecule has 0 aliphatic heterocycles. The van der Waals surface area contributed by atoms with E-state index < -0.39 is 7.12 Å². The Labute approximate surface area is 457 Å². The summed E-state index contributed by atoms with van der Waals surface area (Å²) < 4.78 is 8.08. The Hall–Kier alpha value is -7.95. The van der Waals surface area contributed by atoms with E-state index in [-0.39, 0.29) is 0 Å². The van der Waals surface area contributed by atoms with E-state index in [1.807, 2.05) is 18.2 Å². The molecule has 0 amide bonds. The van der Waals surface area contributed by atoms with Crippen LogP contribution in [0.15, 0.2) is 268 Å². The van der Waals surface area contributed by atoms with Crippen LogP contribution in [0.1, 0.15) is 0 Å². The van der Waals surface area contributed by atoms with Crippen molar-refractivity contribution in [3.05, 3.63) is 269 Å². The normalized spacial score (nSPS) is 11.3. The molecule has 0 aliphatic rings. The molecule has 1 aromatic heterocycles. The fraction of sp³-hybridized carbons (Fsp3) is 0. The van der Waals surface area contributed by atoms with Crippen LogP contribution in [-0.4, -0.2) is 17.2 Å². The van der Waals surface area contributed by atoms with Crippen LogP contribution in [0.2, 0.25) is 5.02 Å². The van der Waals surface area contributed by atoms with Crippen LogP contribution in [-0.2, 0) is 0 Å². The van der Waals surface area contributed by atoms with Crippen molar-refractivity contribution < 1.29 is 14.5 Å². The second-order valence-electron chi connectivity index (χ2n) is 18.3. The van der Waals surface area contributed by atoms with Crippen LogP contribution < -0.4 is 15.3 Å². The van der Waals surface area contributed by atoms with E-state index in [4.69, 9.17) is 16.0 Å². The number of rotatable bonds is 12. The SMILES string of the molecule is OB(O)c1ccc2oc3ccc(-c4cccc(-c5cccc(-c6ccccc6)c5N(c5cccc(Br)c5)c5cc(Cl)cc(N(c6cccc(Br)c6)c6c(-c7ccccc7)cccc6-c6ccccc6)c5)c4)cc3c2c1. The van der Waals surface area contributed by atoms with Gasteiger partial charge in [-0.1, -0.05) is 219 Å². The van der Waals surface area contributed by atoms with Gasteiger partial charge in [-0.25, -0.2) is 0 Å². The molecule has 11 aromatic carbocycles. The molecule has 0 fully saturated rings. The predicted octanol–water partition coefficient (Wildman–Crippen LogP) is 18.7. The smallest absolute Gasteiger partial charge is 0.456 e. The molecule has 12 aromatic rings. The molecule has 0 radical (unpaired) electrons. The summed E-state index contributed by atoms with van der Waals surface area (Å²) in [4.78, 5) is 4.67. The molecule has 0 aliphatic carbocycles. The molecule has 5 nitrogen and oxygen atoms in total. The van der Waals surface area contributed by atoms with Crippen molar-refractivity contribution in [2.75, 3.05) is 9.80 Å². The van der Waals surface area contributed by atoms with Crippen molar-refractivity contribution in [1.29, 1.82) is 0 Å². The average Bonchev–Trinajstić information content (AvgIpc) is 3.83. The second kappa shape index (κ2) is 20.8. The van der Waals surface area contributed by atoms with Crippen molar-refractivity contribution in [3.63, 3.8) is 0 Å². The number of benzene rings is 11. The van der Waals surface area contributed by atoms with Gasteiger partial charge in [-0.05, 0) is 118 Å². The highest BCUT2D eigenvalue weighted by atomic mass is 79.9. The van der Waals surface area contributed by atoms with Gasteiger partial charge in [0.1, 0.15) is 11.2 Å². The second-order valence-corrected chi connectivity index (χ2v) is 20.6. The first-order chi connectivity index (χ1) is 36.7. The molecule has 12 rings (SSSR count). The molecular formula is C66H44BBr2ClN2O3. The van der Waals surface area contributed by atoms with Gasteiger partial charge in [0.15, 0.2) is 0 Å². The average molecular weight is 1120 g/mol. The molecule has 0 spiro atoms. The Kier molecular flexibility index (Phi) is 13.3. The number of hydrogen-bond acceptors (Lipinski definition) is 5. The fourth-order valence-corrected chi connectivity index (χ4v) is 11.2. The zero-order chi connectivity index (χ0) is 51.0. The van der Waals surface area contributed by atoms with Gasteiger partial charge >= 0.3 is 7.12 Å². The predicted molar refractivity (Wildman–Crippen MR) is 321 cm³/mol. The van der Waals surface area contributed by atoms with Gasteiger partial charge in [-0.15, -0.1) is 0 Å². The first-order valence-corrected chi connectivity index (χ1v) is 26.5. The monoisotopic (exact) mass is 1120 g/mol. The number of anilines is 6. The van der Waals surface area contributed by atoms with Crippen LogP contribution in [0, 0.1) is 0 Å². The van der Waals surface area contributed by atoms with Crippen LogP contribution in [0.4, 0.5) is 34.1 Å². The Bertz CT molecular complexity index is 4000. The third-order valence-electron chi connectivity index (χ3n) is 13.6. The molecule has 1 heterocycles. The summed E-state index contributed by atoms with van der Waals surface area (Å²) >= 11 is 15.3. The van der Waals surface area contributed by atoms with Crippen molar-refractivity contribution in [2.45, 2.75) is 0 Å². The lowest BCUT2D eigenvalue weighted by molar-refractivity contribution is 0.426. The summed E-state index contributed by atoms with van der Waals surface area (Å²) in [6.07, 6.45) is 0. The zero-order valence-electron chi connectivity index (χ0n) is 40.2. The number of nitrogens with zero attached hydrogens (tertiary/aromatic N) is 2. The molecule has 0 bridgehead atoms. The van der Waals surface area contributed by atoms with Crippen molar-refractivity contribution in [1.82, 2.24) is 0 Å². The van der Waals surface area contributed by atoms with E-state index in [0.29, 0.717) is 16.1 Å². The molecule has 2 N–H and O–H groups in total. The lowest BCUT2D eigenvalue weighted by atomic mass is 9.80. The Morgan fingerprint density at radius 2 is 0.760 bits per heavy atom. The standard InChI is InChI=1S/C66H44BBr2ClN2O3/c68-50-23-11-25-53(38-50)71(65-57(43-15-4-1-5-16-43)27-13-28-58(65)44-17-6-2-7-18-44)55-40-52(70)41-56(42-55)72(54-26-12-24-51(69)39-54)66-59(45-19-8-3-9-20-45)29-14-30-60(66)48-22-10-21-46(35-48)47-31-33-63-61(36-47)62-37-49(67(73)74)32-34-64(62)75-63/h1-42,73-74H. The highest BCUT2D eigenvalue weighted by Crippen LogP contribution is 2.52. The number of hydrogen-bond donors (Lipinski definition) is 2. The minimum atomic E-state index is -1.59. The molecular weight excluding hydrogens is 1070 g/mol. The van der Waals surface area contributed by atoms with Crippen LogP contribution >= 0.6 is 43.5 Å². The van der Waals surface area contributed by atoms with E-state index in [0.717, 1.165) is 115 Å². The highest BCUT2D eigenvalue weighted by Gasteiger charge is 2.27. The van der Waals surface area contributed by atoms with Gasteiger partial charge in [-0.2, -0.15) is 0 Å². The highest BCUT2D eigenvalue weighted by molar-refractivity contribution is 9.10. The topological polar surface area (TPSA) is 60.1 Å². The van der Waals surface area contributed by atoms with Crippen LogP contribution in [0.3, 0.4) is 0 Å². The van der Waals surface area contributed by atoms with E-state index in [2.05, 4.69) is 260 Å². The number of para-hydroxylation sites is 2. The zero-order valence-corrected chi connectivity index (χ0v) is 44.1. The third-order valence-corrected chi connectivity index (χ3v) is 14.8. The maximum Gasteiger partial charge on any atom is 0.488 e. The molecule has 0 unspecified atom stereocenters. The largest absolute Gasteiger partial charge is 0.488 e. The summed E-state index contributed by atoms with van der Waals surface area (Å²) in [5, 5.41) is 22.3. The van der Waals surface area contributed by atoms with Crippen molar-refractivity contribution >= 4 is 112 Å².